The number of aliphatic hydroxyl groups excluding tert-OH is 1. The van der Waals surface area contributed by atoms with Crippen LogP contribution in [0.4, 0.5) is 5.69 Å². The average molecular weight is 316 g/mol. The highest BCUT2D eigenvalue weighted by Crippen LogP contribution is 2.14. The minimum absolute atomic E-state index is 0.251. The SMILES string of the molecule is CCCNS(=O)(=O)c1ccc(NCCC(O)COC)cc1. The highest BCUT2D eigenvalue weighted by atomic mass is 32.2. The zero-order valence-electron chi connectivity index (χ0n) is 12.5. The fourth-order valence-corrected chi connectivity index (χ4v) is 2.86. The summed E-state index contributed by atoms with van der Waals surface area (Å²) in [5.41, 5.74) is 0.814. The number of hydrogen-bond acceptors (Lipinski definition) is 5. The lowest BCUT2D eigenvalue weighted by Gasteiger charge is -2.11. The van der Waals surface area contributed by atoms with E-state index < -0.39 is 16.1 Å². The van der Waals surface area contributed by atoms with E-state index in [1.165, 1.54) is 0 Å². The van der Waals surface area contributed by atoms with Gasteiger partial charge in [-0.05, 0) is 37.1 Å². The molecule has 0 aromatic heterocycles. The van der Waals surface area contributed by atoms with Crippen molar-refractivity contribution in [3.63, 3.8) is 0 Å². The first-order valence-electron chi connectivity index (χ1n) is 7.00. The Morgan fingerprint density at radius 3 is 2.48 bits per heavy atom. The normalized spacial score (nSPS) is 13.1. The fourth-order valence-electron chi connectivity index (χ4n) is 1.73. The van der Waals surface area contributed by atoms with Gasteiger partial charge >= 0.3 is 0 Å². The molecule has 0 radical (unpaired) electrons. The molecule has 0 saturated heterocycles. The van der Waals surface area contributed by atoms with E-state index in [-0.39, 0.29) is 4.90 Å². The second-order valence-electron chi connectivity index (χ2n) is 4.75. The van der Waals surface area contributed by atoms with Gasteiger partial charge in [0.15, 0.2) is 0 Å². The number of anilines is 1. The number of aliphatic hydroxyl groups is 1. The van der Waals surface area contributed by atoms with Gasteiger partial charge in [-0.1, -0.05) is 6.92 Å². The Hall–Kier alpha value is -1.15. The summed E-state index contributed by atoms with van der Waals surface area (Å²) in [6.07, 6.45) is 0.814. The molecule has 1 aromatic rings. The summed E-state index contributed by atoms with van der Waals surface area (Å²) in [7, 11) is -1.87. The highest BCUT2D eigenvalue weighted by Gasteiger charge is 2.12. The van der Waals surface area contributed by atoms with Crippen molar-refractivity contribution in [1.29, 1.82) is 0 Å². The number of sulfonamides is 1. The van der Waals surface area contributed by atoms with Gasteiger partial charge in [-0.3, -0.25) is 0 Å². The lowest BCUT2D eigenvalue weighted by atomic mass is 10.2. The van der Waals surface area contributed by atoms with E-state index in [4.69, 9.17) is 4.74 Å². The molecule has 1 rings (SSSR count). The Morgan fingerprint density at radius 2 is 1.90 bits per heavy atom. The summed E-state index contributed by atoms with van der Waals surface area (Å²) in [4.78, 5) is 0.251. The van der Waals surface area contributed by atoms with Crippen LogP contribution < -0.4 is 10.0 Å². The highest BCUT2D eigenvalue weighted by molar-refractivity contribution is 7.89. The van der Waals surface area contributed by atoms with Crippen molar-refractivity contribution < 1.29 is 18.3 Å². The van der Waals surface area contributed by atoms with Crippen LogP contribution in [0.5, 0.6) is 0 Å². The maximum atomic E-state index is 11.9. The van der Waals surface area contributed by atoms with Crippen LogP contribution in [-0.2, 0) is 14.8 Å². The van der Waals surface area contributed by atoms with Gasteiger partial charge in [0.25, 0.3) is 0 Å². The molecule has 0 bridgehead atoms. The monoisotopic (exact) mass is 316 g/mol. The molecule has 0 heterocycles. The Kier molecular flexibility index (Phi) is 7.66. The Balaban J connectivity index is 2.50. The standard InChI is InChI=1S/C14H24N2O4S/c1-3-9-16-21(18,19)14-6-4-12(5-7-14)15-10-8-13(17)11-20-2/h4-7,13,15-17H,3,8-11H2,1-2H3. The molecule has 7 heteroatoms. The lowest BCUT2D eigenvalue weighted by Crippen LogP contribution is -2.24. The van der Waals surface area contributed by atoms with E-state index in [9.17, 15) is 13.5 Å². The molecule has 120 valence electrons. The molecule has 21 heavy (non-hydrogen) atoms. The summed E-state index contributed by atoms with van der Waals surface area (Å²) in [5, 5.41) is 12.6. The van der Waals surface area contributed by atoms with E-state index in [0.717, 1.165) is 12.1 Å². The van der Waals surface area contributed by atoms with Gasteiger partial charge in [0.1, 0.15) is 0 Å². The fraction of sp³-hybridized carbons (Fsp3) is 0.571. The van der Waals surface area contributed by atoms with Crippen LogP contribution in [0.15, 0.2) is 29.2 Å². The van der Waals surface area contributed by atoms with Crippen molar-refractivity contribution in [1.82, 2.24) is 4.72 Å². The van der Waals surface area contributed by atoms with Crippen LogP contribution >= 0.6 is 0 Å². The third-order valence-corrected chi connectivity index (χ3v) is 4.35. The molecule has 3 N–H and O–H groups in total. The molecule has 0 amide bonds. The topological polar surface area (TPSA) is 87.7 Å². The van der Waals surface area contributed by atoms with Crippen molar-refractivity contribution in [2.24, 2.45) is 0 Å². The van der Waals surface area contributed by atoms with E-state index in [1.807, 2.05) is 6.92 Å². The van der Waals surface area contributed by atoms with Gasteiger partial charge < -0.3 is 15.2 Å². The van der Waals surface area contributed by atoms with E-state index in [0.29, 0.717) is 26.1 Å². The van der Waals surface area contributed by atoms with Gasteiger partial charge in [0, 0.05) is 25.9 Å². The van der Waals surface area contributed by atoms with Gasteiger partial charge in [-0.25, -0.2) is 13.1 Å². The number of nitrogens with one attached hydrogen (secondary N) is 2. The summed E-state index contributed by atoms with van der Waals surface area (Å²) in [6.45, 7) is 3.24. The third kappa shape index (κ3) is 6.43. The van der Waals surface area contributed by atoms with Crippen molar-refractivity contribution in [2.45, 2.75) is 30.8 Å². The Labute approximate surface area is 126 Å². The zero-order valence-corrected chi connectivity index (χ0v) is 13.3. The average Bonchev–Trinajstić information content (AvgIpc) is 2.46. The lowest BCUT2D eigenvalue weighted by molar-refractivity contribution is 0.0615. The quantitative estimate of drug-likeness (QED) is 0.603. The minimum atomic E-state index is -3.41. The largest absolute Gasteiger partial charge is 0.391 e. The first-order chi connectivity index (χ1) is 9.99. The van der Waals surface area contributed by atoms with Gasteiger partial charge in [0.05, 0.1) is 17.6 Å². The second-order valence-corrected chi connectivity index (χ2v) is 6.51. The zero-order chi connectivity index (χ0) is 15.7. The summed E-state index contributed by atoms with van der Waals surface area (Å²) < 4.78 is 31.2. The number of rotatable bonds is 10. The molecule has 0 fully saturated rings. The number of hydrogen-bond donors (Lipinski definition) is 3. The van der Waals surface area contributed by atoms with Gasteiger partial charge in [0.2, 0.25) is 10.0 Å². The predicted molar refractivity (Wildman–Crippen MR) is 82.9 cm³/mol. The van der Waals surface area contributed by atoms with Crippen LogP contribution in [0.1, 0.15) is 19.8 Å². The van der Waals surface area contributed by atoms with E-state index >= 15 is 0 Å². The maximum absolute atomic E-state index is 11.9. The molecule has 1 aromatic carbocycles. The minimum Gasteiger partial charge on any atom is -0.391 e. The first kappa shape index (κ1) is 17.9. The molecule has 0 spiro atoms. The number of benzene rings is 1. The van der Waals surface area contributed by atoms with Crippen molar-refractivity contribution in [3.8, 4) is 0 Å². The van der Waals surface area contributed by atoms with E-state index in [2.05, 4.69) is 10.0 Å². The smallest absolute Gasteiger partial charge is 0.240 e. The van der Waals surface area contributed by atoms with E-state index in [1.54, 1.807) is 31.4 Å². The van der Waals surface area contributed by atoms with Crippen LogP contribution in [0.25, 0.3) is 0 Å². The van der Waals surface area contributed by atoms with Crippen molar-refractivity contribution >= 4 is 15.7 Å². The van der Waals surface area contributed by atoms with Crippen molar-refractivity contribution in [3.05, 3.63) is 24.3 Å². The van der Waals surface area contributed by atoms with Crippen molar-refractivity contribution in [2.75, 3.05) is 32.1 Å². The Bertz CT molecular complexity index is 502. The summed E-state index contributed by atoms with van der Waals surface area (Å²) in [6, 6.07) is 6.55. The molecule has 6 nitrogen and oxygen atoms in total. The first-order valence-corrected chi connectivity index (χ1v) is 8.48. The molecule has 0 aliphatic carbocycles. The predicted octanol–water partition coefficient (Wildman–Crippen LogP) is 1.18. The third-order valence-electron chi connectivity index (χ3n) is 2.87. The molecule has 1 unspecified atom stereocenters. The van der Waals surface area contributed by atoms with Crippen LogP contribution in [-0.4, -0.2) is 46.4 Å². The molecule has 0 saturated carbocycles. The molecular weight excluding hydrogens is 292 g/mol. The van der Waals surface area contributed by atoms with Crippen LogP contribution in [0, 0.1) is 0 Å². The summed E-state index contributed by atoms with van der Waals surface area (Å²) >= 11 is 0. The molecule has 1 atom stereocenters. The Morgan fingerprint density at radius 1 is 1.24 bits per heavy atom. The van der Waals surface area contributed by atoms with Gasteiger partial charge in [-0.15, -0.1) is 0 Å². The second kappa shape index (κ2) is 8.99. The van der Waals surface area contributed by atoms with Crippen LogP contribution in [0.3, 0.4) is 0 Å². The van der Waals surface area contributed by atoms with Crippen LogP contribution in [0.2, 0.25) is 0 Å². The number of methoxy groups -OCH3 is 1. The molecule has 0 aliphatic heterocycles. The molecule has 0 aliphatic rings. The van der Waals surface area contributed by atoms with Gasteiger partial charge in [-0.2, -0.15) is 0 Å². The molecular formula is C14H24N2O4S. The number of ether oxygens (including phenoxy) is 1. The summed E-state index contributed by atoms with van der Waals surface area (Å²) in [5.74, 6) is 0. The maximum Gasteiger partial charge on any atom is 0.240 e.